The molecule has 6 heteroatoms. The molecule has 1 aliphatic heterocycles. The maximum absolute atomic E-state index is 12.1. The maximum atomic E-state index is 12.1. The monoisotopic (exact) mass is 362 g/mol. The number of carbonyl (C=O) groups excluding carboxylic acids is 1. The van der Waals surface area contributed by atoms with E-state index in [2.05, 4.69) is 9.98 Å². The first kappa shape index (κ1) is 16.2. The Labute approximate surface area is 154 Å². The highest BCUT2D eigenvalue weighted by Crippen LogP contribution is 2.26. The van der Waals surface area contributed by atoms with Gasteiger partial charge in [-0.15, -0.1) is 11.3 Å². The van der Waals surface area contributed by atoms with Gasteiger partial charge in [0.25, 0.3) is 0 Å². The van der Waals surface area contributed by atoms with Crippen LogP contribution in [-0.4, -0.2) is 24.0 Å². The first-order valence-corrected chi connectivity index (χ1v) is 8.79. The second-order valence-electron chi connectivity index (χ2n) is 5.51. The molecule has 0 saturated heterocycles. The van der Waals surface area contributed by atoms with E-state index in [-0.39, 0.29) is 11.6 Å². The Kier molecular flexibility index (Phi) is 4.33. The van der Waals surface area contributed by atoms with Crippen molar-refractivity contribution in [3.05, 3.63) is 76.9 Å². The minimum Gasteiger partial charge on any atom is -0.497 e. The molecule has 3 aromatic rings. The van der Waals surface area contributed by atoms with Crippen LogP contribution in [0.2, 0.25) is 0 Å². The maximum Gasteiger partial charge on any atom is 0.363 e. The van der Waals surface area contributed by atoms with E-state index in [0.717, 1.165) is 10.6 Å². The fourth-order valence-corrected chi connectivity index (χ4v) is 3.28. The van der Waals surface area contributed by atoms with E-state index >= 15 is 0 Å². The van der Waals surface area contributed by atoms with Gasteiger partial charge >= 0.3 is 5.97 Å². The summed E-state index contributed by atoms with van der Waals surface area (Å²) in [7, 11) is 1.58. The van der Waals surface area contributed by atoms with Crippen molar-refractivity contribution in [1.29, 1.82) is 0 Å². The smallest absolute Gasteiger partial charge is 0.363 e. The van der Waals surface area contributed by atoms with Crippen LogP contribution in [0.4, 0.5) is 0 Å². The summed E-state index contributed by atoms with van der Waals surface area (Å²) in [5.74, 6) is 0.446. The molecule has 2 aromatic carbocycles. The van der Waals surface area contributed by atoms with Crippen LogP contribution in [0, 0.1) is 0 Å². The fraction of sp³-hybridized carbons (Fsp3) is 0.0500. The summed E-state index contributed by atoms with van der Waals surface area (Å²) in [5, 5.41) is 2.78. The summed E-state index contributed by atoms with van der Waals surface area (Å²) in [6.45, 7) is 0. The third-order valence-electron chi connectivity index (χ3n) is 3.76. The molecule has 2 heterocycles. The lowest BCUT2D eigenvalue weighted by Gasteiger charge is -2.02. The summed E-state index contributed by atoms with van der Waals surface area (Å²) in [5.41, 5.74) is 2.63. The second-order valence-corrected chi connectivity index (χ2v) is 6.37. The highest BCUT2D eigenvalue weighted by atomic mass is 32.1. The standard InChI is InChI=1S/C20H14N2O3S/c1-24-16-9-5-8-14(10-16)18-22-17(20(23)25-18)11-15-12-26-19(21-15)13-6-3-2-4-7-13/h2-12H,1H3. The van der Waals surface area contributed by atoms with Crippen molar-refractivity contribution in [2.75, 3.05) is 7.11 Å². The molecule has 0 saturated carbocycles. The van der Waals surface area contributed by atoms with E-state index in [4.69, 9.17) is 9.47 Å². The normalized spacial score (nSPS) is 15.0. The van der Waals surface area contributed by atoms with E-state index in [0.29, 0.717) is 17.0 Å². The van der Waals surface area contributed by atoms with Crippen LogP contribution in [-0.2, 0) is 9.53 Å². The number of thiazole rings is 1. The van der Waals surface area contributed by atoms with E-state index in [9.17, 15) is 4.79 Å². The molecule has 0 fully saturated rings. The summed E-state index contributed by atoms with van der Waals surface area (Å²) in [6, 6.07) is 17.1. The zero-order valence-electron chi connectivity index (χ0n) is 13.9. The molecule has 0 radical (unpaired) electrons. The van der Waals surface area contributed by atoms with Crippen LogP contribution < -0.4 is 4.74 Å². The predicted molar refractivity (Wildman–Crippen MR) is 101 cm³/mol. The molecule has 0 N–H and O–H groups in total. The van der Waals surface area contributed by atoms with E-state index < -0.39 is 5.97 Å². The molecule has 0 bridgehead atoms. The minimum atomic E-state index is -0.489. The van der Waals surface area contributed by atoms with Crippen molar-refractivity contribution >= 4 is 29.3 Å². The minimum absolute atomic E-state index is 0.229. The van der Waals surface area contributed by atoms with Crippen LogP contribution in [0.1, 0.15) is 11.3 Å². The molecule has 0 unspecified atom stereocenters. The molecule has 1 aromatic heterocycles. The Morgan fingerprint density at radius 1 is 1.08 bits per heavy atom. The van der Waals surface area contributed by atoms with Crippen molar-refractivity contribution in [2.45, 2.75) is 0 Å². The number of rotatable bonds is 4. The molecule has 0 amide bonds. The van der Waals surface area contributed by atoms with Gasteiger partial charge in [-0.1, -0.05) is 36.4 Å². The van der Waals surface area contributed by atoms with Crippen LogP contribution in [0.3, 0.4) is 0 Å². The van der Waals surface area contributed by atoms with Gasteiger partial charge in [-0.05, 0) is 24.3 Å². The van der Waals surface area contributed by atoms with Gasteiger partial charge in [-0.3, -0.25) is 0 Å². The Balaban J connectivity index is 1.62. The molecule has 1 aliphatic rings. The molecule has 4 rings (SSSR count). The lowest BCUT2D eigenvalue weighted by atomic mass is 10.2. The van der Waals surface area contributed by atoms with Gasteiger partial charge in [0.05, 0.1) is 12.8 Å². The van der Waals surface area contributed by atoms with Crippen molar-refractivity contribution in [1.82, 2.24) is 4.98 Å². The second kappa shape index (κ2) is 6.93. The van der Waals surface area contributed by atoms with Gasteiger partial charge in [0.2, 0.25) is 5.90 Å². The SMILES string of the molecule is COc1cccc(C2=NC(=Cc3csc(-c4ccccc4)n3)C(=O)O2)c1. The Bertz CT molecular complexity index is 1020. The number of benzene rings is 2. The number of cyclic esters (lactones) is 1. The lowest BCUT2D eigenvalue weighted by molar-refractivity contribution is -0.129. The topological polar surface area (TPSA) is 60.8 Å². The van der Waals surface area contributed by atoms with Crippen molar-refractivity contribution in [3.63, 3.8) is 0 Å². The van der Waals surface area contributed by atoms with Gasteiger partial charge in [0.15, 0.2) is 5.70 Å². The highest BCUT2D eigenvalue weighted by molar-refractivity contribution is 7.13. The van der Waals surface area contributed by atoms with Crippen molar-refractivity contribution in [3.8, 4) is 16.3 Å². The van der Waals surface area contributed by atoms with Gasteiger partial charge < -0.3 is 9.47 Å². The summed E-state index contributed by atoms with van der Waals surface area (Å²) < 4.78 is 10.5. The van der Waals surface area contributed by atoms with Gasteiger partial charge in [0, 0.05) is 16.5 Å². The van der Waals surface area contributed by atoms with E-state index in [1.807, 2.05) is 53.9 Å². The van der Waals surface area contributed by atoms with Crippen LogP contribution in [0.5, 0.6) is 5.75 Å². The van der Waals surface area contributed by atoms with Gasteiger partial charge in [-0.25, -0.2) is 14.8 Å². The quantitative estimate of drug-likeness (QED) is 0.516. The lowest BCUT2D eigenvalue weighted by Crippen LogP contribution is -2.05. The van der Waals surface area contributed by atoms with Gasteiger partial charge in [0.1, 0.15) is 10.8 Å². The van der Waals surface area contributed by atoms with Crippen LogP contribution in [0.25, 0.3) is 16.6 Å². The van der Waals surface area contributed by atoms with Crippen molar-refractivity contribution in [2.24, 2.45) is 4.99 Å². The average molecular weight is 362 g/mol. The first-order chi connectivity index (χ1) is 12.7. The predicted octanol–water partition coefficient (Wildman–Crippen LogP) is 4.16. The number of methoxy groups -OCH3 is 1. The summed E-state index contributed by atoms with van der Waals surface area (Å²) in [4.78, 5) is 21.0. The molecular formula is C20H14N2O3S. The third kappa shape index (κ3) is 3.27. The molecular weight excluding hydrogens is 348 g/mol. The number of aromatic nitrogens is 1. The Morgan fingerprint density at radius 3 is 2.69 bits per heavy atom. The molecule has 0 aliphatic carbocycles. The highest BCUT2D eigenvalue weighted by Gasteiger charge is 2.24. The molecule has 26 heavy (non-hydrogen) atoms. The van der Waals surface area contributed by atoms with E-state index in [1.165, 1.54) is 11.3 Å². The summed E-state index contributed by atoms with van der Waals surface area (Å²) >= 11 is 1.52. The van der Waals surface area contributed by atoms with Crippen LogP contribution >= 0.6 is 11.3 Å². The van der Waals surface area contributed by atoms with Crippen LogP contribution in [0.15, 0.2) is 70.7 Å². The molecule has 0 spiro atoms. The summed E-state index contributed by atoms with van der Waals surface area (Å²) in [6.07, 6.45) is 1.64. The number of aliphatic imine (C=N–C) groups is 1. The number of hydrogen-bond donors (Lipinski definition) is 0. The Hall–Kier alpha value is -3.25. The fourth-order valence-electron chi connectivity index (χ4n) is 2.49. The number of esters is 1. The third-order valence-corrected chi connectivity index (χ3v) is 4.67. The average Bonchev–Trinajstić information content (AvgIpc) is 3.30. The molecule has 128 valence electrons. The zero-order chi connectivity index (χ0) is 17.9. The first-order valence-electron chi connectivity index (χ1n) is 7.91. The van der Waals surface area contributed by atoms with Crippen molar-refractivity contribution < 1.29 is 14.3 Å². The molecule has 5 nitrogen and oxygen atoms in total. The largest absolute Gasteiger partial charge is 0.497 e. The number of ether oxygens (including phenoxy) is 2. The number of carbonyl (C=O) groups is 1. The van der Waals surface area contributed by atoms with E-state index in [1.54, 1.807) is 19.3 Å². The Morgan fingerprint density at radius 2 is 1.88 bits per heavy atom. The number of nitrogens with zero attached hydrogens (tertiary/aromatic N) is 2. The molecule has 0 atom stereocenters. The number of hydrogen-bond acceptors (Lipinski definition) is 6. The zero-order valence-corrected chi connectivity index (χ0v) is 14.7. The van der Waals surface area contributed by atoms with Gasteiger partial charge in [-0.2, -0.15) is 0 Å².